The van der Waals surface area contributed by atoms with Gasteiger partial charge in [-0.05, 0) is 31.0 Å². The Morgan fingerprint density at radius 1 is 1.32 bits per heavy atom. The highest BCUT2D eigenvalue weighted by atomic mass is 16.5. The van der Waals surface area contributed by atoms with Crippen molar-refractivity contribution in [2.45, 2.75) is 18.9 Å². The molecule has 0 radical (unpaired) electrons. The molecule has 114 valence electrons. The van der Waals surface area contributed by atoms with Gasteiger partial charge in [0, 0.05) is 25.1 Å². The van der Waals surface area contributed by atoms with Crippen LogP contribution in [0.3, 0.4) is 0 Å². The Hall–Kier alpha value is -2.47. The van der Waals surface area contributed by atoms with Crippen molar-refractivity contribution in [3.63, 3.8) is 0 Å². The number of hydrogen-bond donors (Lipinski definition) is 1. The second-order valence-corrected chi connectivity index (χ2v) is 5.00. The molecular formula is C16H17N3O3. The lowest BCUT2D eigenvalue weighted by atomic mass is 10.2. The van der Waals surface area contributed by atoms with E-state index in [1.54, 1.807) is 30.5 Å². The summed E-state index contributed by atoms with van der Waals surface area (Å²) in [5, 5.41) is 2.70. The van der Waals surface area contributed by atoms with Crippen molar-refractivity contribution in [1.29, 1.82) is 0 Å². The Bertz CT molecular complexity index is 610. The molecule has 6 heteroatoms. The fourth-order valence-corrected chi connectivity index (χ4v) is 2.18. The zero-order valence-corrected chi connectivity index (χ0v) is 12.1. The number of carbonyl (C=O) groups excluding carboxylic acids is 1. The van der Waals surface area contributed by atoms with Crippen LogP contribution in [0.4, 0.5) is 5.82 Å². The van der Waals surface area contributed by atoms with Crippen molar-refractivity contribution in [3.8, 4) is 5.88 Å². The Labute approximate surface area is 128 Å². The summed E-state index contributed by atoms with van der Waals surface area (Å²) in [6, 6.07) is 8.68. The van der Waals surface area contributed by atoms with E-state index in [4.69, 9.17) is 9.47 Å². The lowest BCUT2D eigenvalue weighted by Gasteiger charge is -2.10. The molecule has 2 aromatic heterocycles. The Morgan fingerprint density at radius 3 is 2.95 bits per heavy atom. The van der Waals surface area contributed by atoms with Gasteiger partial charge in [0.25, 0.3) is 5.91 Å². The molecule has 0 bridgehead atoms. The van der Waals surface area contributed by atoms with Gasteiger partial charge < -0.3 is 14.8 Å². The van der Waals surface area contributed by atoms with Crippen LogP contribution in [0.5, 0.6) is 5.88 Å². The van der Waals surface area contributed by atoms with Gasteiger partial charge in [0.15, 0.2) is 0 Å². The van der Waals surface area contributed by atoms with Crippen molar-refractivity contribution in [2.75, 3.05) is 18.5 Å². The predicted octanol–water partition coefficient (Wildman–Crippen LogP) is 2.29. The molecule has 0 aliphatic carbocycles. The van der Waals surface area contributed by atoms with E-state index in [-0.39, 0.29) is 12.0 Å². The summed E-state index contributed by atoms with van der Waals surface area (Å²) in [5.74, 6) is 0.743. The number of hydrogen-bond acceptors (Lipinski definition) is 5. The molecule has 0 aromatic carbocycles. The van der Waals surface area contributed by atoms with E-state index in [0.29, 0.717) is 23.9 Å². The molecule has 6 nitrogen and oxygen atoms in total. The standard InChI is InChI=1S/C16H17N3O3/c20-16(19-14-5-1-2-8-17-14)12-6-7-15(18-10-12)22-11-13-4-3-9-21-13/h1-2,5-8,10,13H,3-4,9,11H2,(H,17,19,20)/t13-/m0/s1. The molecule has 22 heavy (non-hydrogen) atoms. The fourth-order valence-electron chi connectivity index (χ4n) is 2.18. The number of carbonyl (C=O) groups is 1. The molecule has 2 aromatic rings. The minimum absolute atomic E-state index is 0.147. The SMILES string of the molecule is O=C(Nc1ccccn1)c1ccc(OC[C@@H]2CCCO2)nc1. The minimum atomic E-state index is -0.253. The summed E-state index contributed by atoms with van der Waals surface area (Å²) in [4.78, 5) is 20.2. The first kappa shape index (κ1) is 14.5. The van der Waals surface area contributed by atoms with Crippen LogP contribution in [-0.2, 0) is 4.74 Å². The van der Waals surface area contributed by atoms with Gasteiger partial charge in [-0.2, -0.15) is 0 Å². The van der Waals surface area contributed by atoms with Gasteiger partial charge >= 0.3 is 0 Å². The van der Waals surface area contributed by atoms with Gasteiger partial charge in [-0.3, -0.25) is 4.79 Å². The van der Waals surface area contributed by atoms with Crippen molar-refractivity contribution in [2.24, 2.45) is 0 Å². The third kappa shape index (κ3) is 3.79. The van der Waals surface area contributed by atoms with Crippen molar-refractivity contribution in [3.05, 3.63) is 48.3 Å². The number of ether oxygens (including phenoxy) is 2. The lowest BCUT2D eigenvalue weighted by Crippen LogP contribution is -2.17. The normalized spacial score (nSPS) is 17.2. The van der Waals surface area contributed by atoms with E-state index in [0.717, 1.165) is 19.4 Å². The molecule has 0 unspecified atom stereocenters. The second-order valence-electron chi connectivity index (χ2n) is 5.00. The number of rotatable bonds is 5. The fraction of sp³-hybridized carbons (Fsp3) is 0.312. The predicted molar refractivity (Wildman–Crippen MR) is 80.9 cm³/mol. The quantitative estimate of drug-likeness (QED) is 0.917. The summed E-state index contributed by atoms with van der Waals surface area (Å²) in [6.07, 6.45) is 5.35. The smallest absolute Gasteiger partial charge is 0.258 e. The molecule has 1 amide bonds. The van der Waals surface area contributed by atoms with Crippen LogP contribution >= 0.6 is 0 Å². The highest BCUT2D eigenvalue weighted by Gasteiger charge is 2.16. The molecule has 1 aliphatic heterocycles. The van der Waals surface area contributed by atoms with Gasteiger partial charge in [0.05, 0.1) is 11.7 Å². The summed E-state index contributed by atoms with van der Waals surface area (Å²) in [5.41, 5.74) is 0.454. The van der Waals surface area contributed by atoms with Crippen LogP contribution in [0.1, 0.15) is 23.2 Å². The van der Waals surface area contributed by atoms with Gasteiger partial charge in [-0.15, -0.1) is 0 Å². The number of nitrogens with zero attached hydrogens (tertiary/aromatic N) is 2. The first-order valence-corrected chi connectivity index (χ1v) is 7.24. The molecule has 0 spiro atoms. The maximum absolute atomic E-state index is 12.0. The second kappa shape index (κ2) is 7.00. The largest absolute Gasteiger partial charge is 0.475 e. The Kier molecular flexibility index (Phi) is 4.60. The van der Waals surface area contributed by atoms with E-state index in [1.807, 2.05) is 6.07 Å². The number of amides is 1. The van der Waals surface area contributed by atoms with Crippen LogP contribution in [0.15, 0.2) is 42.7 Å². The monoisotopic (exact) mass is 299 g/mol. The van der Waals surface area contributed by atoms with Crippen LogP contribution in [0, 0.1) is 0 Å². The van der Waals surface area contributed by atoms with Gasteiger partial charge in [0.1, 0.15) is 12.4 Å². The zero-order valence-electron chi connectivity index (χ0n) is 12.1. The highest BCUT2D eigenvalue weighted by Crippen LogP contribution is 2.15. The average Bonchev–Trinajstić information content (AvgIpc) is 3.08. The zero-order chi connectivity index (χ0) is 15.2. The Morgan fingerprint density at radius 2 is 2.27 bits per heavy atom. The lowest BCUT2D eigenvalue weighted by molar-refractivity contribution is 0.0663. The first-order valence-electron chi connectivity index (χ1n) is 7.24. The molecule has 0 saturated carbocycles. The van der Waals surface area contributed by atoms with Crippen LogP contribution in [0.25, 0.3) is 0 Å². The Balaban J connectivity index is 1.55. The van der Waals surface area contributed by atoms with Crippen LogP contribution < -0.4 is 10.1 Å². The molecule has 1 atom stereocenters. The van der Waals surface area contributed by atoms with Crippen molar-refractivity contribution < 1.29 is 14.3 Å². The van der Waals surface area contributed by atoms with Gasteiger partial charge in [-0.1, -0.05) is 6.07 Å². The van der Waals surface area contributed by atoms with E-state index < -0.39 is 0 Å². The van der Waals surface area contributed by atoms with E-state index in [1.165, 1.54) is 6.20 Å². The summed E-state index contributed by atoms with van der Waals surface area (Å²) >= 11 is 0. The average molecular weight is 299 g/mol. The molecule has 1 aliphatic rings. The topological polar surface area (TPSA) is 73.3 Å². The van der Waals surface area contributed by atoms with E-state index >= 15 is 0 Å². The third-order valence-corrected chi connectivity index (χ3v) is 3.35. The number of aromatic nitrogens is 2. The van der Waals surface area contributed by atoms with Gasteiger partial charge in [0.2, 0.25) is 5.88 Å². The van der Waals surface area contributed by atoms with Crippen LogP contribution in [0.2, 0.25) is 0 Å². The van der Waals surface area contributed by atoms with Crippen molar-refractivity contribution in [1.82, 2.24) is 9.97 Å². The van der Waals surface area contributed by atoms with Crippen LogP contribution in [-0.4, -0.2) is 35.2 Å². The summed E-state index contributed by atoms with van der Waals surface area (Å²) < 4.78 is 11.0. The molecule has 1 N–H and O–H groups in total. The molecular weight excluding hydrogens is 282 g/mol. The van der Waals surface area contributed by atoms with Gasteiger partial charge in [-0.25, -0.2) is 9.97 Å². The highest BCUT2D eigenvalue weighted by molar-refractivity contribution is 6.03. The molecule has 3 heterocycles. The van der Waals surface area contributed by atoms with E-state index in [9.17, 15) is 4.79 Å². The summed E-state index contributed by atoms with van der Waals surface area (Å²) in [6.45, 7) is 1.29. The van der Waals surface area contributed by atoms with Crippen molar-refractivity contribution >= 4 is 11.7 Å². The van der Waals surface area contributed by atoms with E-state index in [2.05, 4.69) is 15.3 Å². The minimum Gasteiger partial charge on any atom is -0.475 e. The molecule has 1 fully saturated rings. The molecule has 3 rings (SSSR count). The maximum Gasteiger partial charge on any atom is 0.258 e. The summed E-state index contributed by atoms with van der Waals surface area (Å²) in [7, 11) is 0. The number of nitrogens with one attached hydrogen (secondary N) is 1. The maximum atomic E-state index is 12.0. The third-order valence-electron chi connectivity index (χ3n) is 3.35. The number of pyridine rings is 2. The first-order chi connectivity index (χ1) is 10.8. The number of anilines is 1. The molecule has 1 saturated heterocycles.